The van der Waals surface area contributed by atoms with Crippen molar-refractivity contribution in [3.05, 3.63) is 91.5 Å². The number of amides is 2. The first kappa shape index (κ1) is 35.8. The van der Waals surface area contributed by atoms with Gasteiger partial charge in [-0.3, -0.25) is 29.5 Å². The largest absolute Gasteiger partial charge is 0.469 e. The third kappa shape index (κ3) is 7.89. The molecule has 1 atom stereocenters. The molecule has 254 valence electrons. The molecule has 2 heterocycles. The fraction of sp³-hybridized carbons (Fsp3) is 0.471. The summed E-state index contributed by atoms with van der Waals surface area (Å²) in [5, 5.41) is 18.9. The van der Waals surface area contributed by atoms with Gasteiger partial charge in [0.15, 0.2) is 0 Å². The second kappa shape index (κ2) is 16.7. The monoisotopic (exact) mass is 658 g/mol. The Morgan fingerprint density at radius 1 is 1.21 bits per heavy atom. The van der Waals surface area contributed by atoms with Crippen LogP contribution in [-0.2, 0) is 16.0 Å². The van der Waals surface area contributed by atoms with Crippen molar-refractivity contribution in [2.45, 2.75) is 51.9 Å². The molecular formula is C34H42N8O6. The maximum absolute atomic E-state index is 14.0. The molecule has 2 aromatic rings. The van der Waals surface area contributed by atoms with Gasteiger partial charge in [-0.2, -0.15) is 0 Å². The van der Waals surface area contributed by atoms with Gasteiger partial charge in [-0.05, 0) is 101 Å². The number of piperidine rings is 1. The van der Waals surface area contributed by atoms with Crippen LogP contribution in [0.25, 0.3) is 21.7 Å². The van der Waals surface area contributed by atoms with Gasteiger partial charge in [-0.25, -0.2) is 0 Å². The maximum Gasteiger partial charge on any atom is 0.312 e. The summed E-state index contributed by atoms with van der Waals surface area (Å²) in [6.07, 6.45) is 13.3. The Bertz CT molecular complexity index is 1630. The van der Waals surface area contributed by atoms with Crippen molar-refractivity contribution < 1.29 is 24.0 Å². The molecule has 1 unspecified atom stereocenters. The molecule has 1 saturated heterocycles. The number of hydrogen-bond acceptors (Lipinski definition) is 9. The summed E-state index contributed by atoms with van der Waals surface area (Å²) in [5.41, 5.74) is 14.0. The third-order valence-corrected chi connectivity index (χ3v) is 9.37. The predicted molar refractivity (Wildman–Crippen MR) is 180 cm³/mol. The van der Waals surface area contributed by atoms with Crippen molar-refractivity contribution in [2.24, 2.45) is 22.2 Å². The van der Waals surface area contributed by atoms with Crippen molar-refractivity contribution in [3.8, 4) is 11.3 Å². The van der Waals surface area contributed by atoms with E-state index in [1.165, 1.54) is 20.2 Å². The van der Waals surface area contributed by atoms with Crippen LogP contribution >= 0.6 is 0 Å². The second-order valence-corrected chi connectivity index (χ2v) is 12.1. The quantitative estimate of drug-likeness (QED) is 0.0493. The molecule has 1 aliphatic heterocycles. The van der Waals surface area contributed by atoms with Crippen LogP contribution in [0.15, 0.2) is 53.8 Å². The number of azide groups is 1. The summed E-state index contributed by atoms with van der Waals surface area (Å²) in [7, 11) is 1.44. The number of methoxy groups -OCH3 is 1. The number of allylic oxidation sites excluding steroid dienone is 4. The number of carbonyl (C=O) groups is 3. The molecule has 0 spiro atoms. The first-order valence-corrected chi connectivity index (χ1v) is 16.1. The number of rotatable bonds is 15. The van der Waals surface area contributed by atoms with E-state index in [-0.39, 0.29) is 53.7 Å². The van der Waals surface area contributed by atoms with Crippen LogP contribution in [0.4, 0.5) is 5.69 Å². The number of nitrogens with two attached hydrogens (primary N) is 1. The highest BCUT2D eigenvalue weighted by Crippen LogP contribution is 2.44. The van der Waals surface area contributed by atoms with Crippen molar-refractivity contribution in [3.63, 3.8) is 0 Å². The van der Waals surface area contributed by atoms with Crippen LogP contribution in [0.5, 0.6) is 0 Å². The van der Waals surface area contributed by atoms with Gasteiger partial charge in [-0.15, -0.1) is 0 Å². The Labute approximate surface area is 279 Å². The summed E-state index contributed by atoms with van der Waals surface area (Å²) in [5.74, 6) is -1.59. The van der Waals surface area contributed by atoms with Gasteiger partial charge in [0.05, 0.1) is 28.7 Å². The molecule has 2 amide bonds. The average molecular weight is 659 g/mol. The number of nitro benzene ring substituents is 1. The minimum absolute atomic E-state index is 0.0714. The number of esters is 1. The number of primary amides is 1. The van der Waals surface area contributed by atoms with Crippen LogP contribution < -0.4 is 11.1 Å². The van der Waals surface area contributed by atoms with Crippen molar-refractivity contribution in [2.75, 3.05) is 39.8 Å². The van der Waals surface area contributed by atoms with Gasteiger partial charge in [0.2, 0.25) is 0 Å². The van der Waals surface area contributed by atoms with Crippen molar-refractivity contribution in [1.29, 1.82) is 0 Å². The first-order chi connectivity index (χ1) is 23.2. The van der Waals surface area contributed by atoms with Gasteiger partial charge in [0, 0.05) is 35.3 Å². The minimum Gasteiger partial charge on any atom is -0.469 e. The SMILES string of the molecule is COC(=O)C1(C2C=CC=CC2)CCN(CCCNC(=O)c2c(CCCCN=[N+]=[N-])c([N+](=O)[O-])c(C(N)=O)c(C)c2-c2ccccn2)CC1. The molecule has 14 nitrogen and oxygen atoms in total. The van der Waals surface area contributed by atoms with E-state index in [9.17, 15) is 24.5 Å². The van der Waals surface area contributed by atoms with Gasteiger partial charge in [-0.1, -0.05) is 35.5 Å². The lowest BCUT2D eigenvalue weighted by Gasteiger charge is -2.43. The molecule has 1 aliphatic carbocycles. The molecule has 4 rings (SSSR count). The van der Waals surface area contributed by atoms with Crippen LogP contribution in [0.3, 0.4) is 0 Å². The molecule has 0 saturated carbocycles. The Morgan fingerprint density at radius 2 is 1.98 bits per heavy atom. The molecule has 1 aromatic carbocycles. The van der Waals surface area contributed by atoms with E-state index in [4.69, 9.17) is 16.0 Å². The van der Waals surface area contributed by atoms with E-state index in [0.29, 0.717) is 63.0 Å². The molecule has 3 N–H and O–H groups in total. The summed E-state index contributed by atoms with van der Waals surface area (Å²) in [4.78, 5) is 60.8. The van der Waals surface area contributed by atoms with Crippen LogP contribution in [0.1, 0.15) is 70.4 Å². The highest BCUT2D eigenvalue weighted by Gasteiger charge is 2.47. The van der Waals surface area contributed by atoms with Gasteiger partial charge >= 0.3 is 5.97 Å². The Morgan fingerprint density at radius 3 is 2.58 bits per heavy atom. The van der Waals surface area contributed by atoms with Gasteiger partial charge in [0.25, 0.3) is 17.5 Å². The lowest BCUT2D eigenvalue weighted by molar-refractivity contribution is -0.385. The Hall–Kier alpha value is -5.07. The summed E-state index contributed by atoms with van der Waals surface area (Å²) < 4.78 is 5.24. The van der Waals surface area contributed by atoms with E-state index >= 15 is 0 Å². The minimum atomic E-state index is -0.979. The van der Waals surface area contributed by atoms with E-state index in [0.717, 1.165) is 6.42 Å². The number of nitrogens with zero attached hydrogens (tertiary/aromatic N) is 6. The van der Waals surface area contributed by atoms with E-state index in [1.807, 2.05) is 12.2 Å². The zero-order valence-electron chi connectivity index (χ0n) is 27.4. The number of carbonyl (C=O) groups excluding carboxylic acids is 3. The highest BCUT2D eigenvalue weighted by molar-refractivity contribution is 6.09. The first-order valence-electron chi connectivity index (χ1n) is 16.1. The topological polar surface area (TPSA) is 207 Å². The molecule has 0 radical (unpaired) electrons. The number of nitrogens with one attached hydrogen (secondary N) is 1. The molecule has 0 bridgehead atoms. The van der Waals surface area contributed by atoms with E-state index in [2.05, 4.69) is 37.4 Å². The lowest BCUT2D eigenvalue weighted by Crippen LogP contribution is -2.49. The molecule has 1 fully saturated rings. The smallest absolute Gasteiger partial charge is 0.312 e. The number of benzene rings is 1. The van der Waals surface area contributed by atoms with Gasteiger partial charge < -0.3 is 20.7 Å². The zero-order chi connectivity index (χ0) is 34.7. The lowest BCUT2D eigenvalue weighted by atomic mass is 9.66. The normalized spacial score (nSPS) is 16.9. The number of hydrogen-bond donors (Lipinski definition) is 2. The van der Waals surface area contributed by atoms with Crippen LogP contribution in [-0.4, -0.2) is 72.4 Å². The summed E-state index contributed by atoms with van der Waals surface area (Å²) in [6.45, 7) is 4.09. The number of likely N-dealkylation sites (tertiary alicyclic amines) is 1. The number of aromatic nitrogens is 1. The molecule has 48 heavy (non-hydrogen) atoms. The van der Waals surface area contributed by atoms with Crippen molar-refractivity contribution >= 4 is 23.5 Å². The Balaban J connectivity index is 1.55. The fourth-order valence-corrected chi connectivity index (χ4v) is 6.96. The second-order valence-electron chi connectivity index (χ2n) is 12.1. The Kier molecular flexibility index (Phi) is 12.4. The predicted octanol–water partition coefficient (Wildman–Crippen LogP) is 5.20. The van der Waals surface area contributed by atoms with Crippen LogP contribution in [0, 0.1) is 28.4 Å². The number of nitro groups is 1. The zero-order valence-corrected chi connectivity index (χ0v) is 27.4. The fourth-order valence-electron chi connectivity index (χ4n) is 6.96. The van der Waals surface area contributed by atoms with E-state index < -0.39 is 27.8 Å². The third-order valence-electron chi connectivity index (χ3n) is 9.37. The van der Waals surface area contributed by atoms with Crippen LogP contribution in [0.2, 0.25) is 0 Å². The molecule has 2 aliphatic rings. The number of unbranched alkanes of at least 4 members (excludes halogenated alkanes) is 1. The van der Waals surface area contributed by atoms with E-state index in [1.54, 1.807) is 18.2 Å². The summed E-state index contributed by atoms with van der Waals surface area (Å²) >= 11 is 0. The van der Waals surface area contributed by atoms with Gasteiger partial charge in [0.1, 0.15) is 5.56 Å². The van der Waals surface area contributed by atoms with Crippen molar-refractivity contribution in [1.82, 2.24) is 15.2 Å². The maximum atomic E-state index is 14.0. The molecule has 14 heteroatoms. The summed E-state index contributed by atoms with van der Waals surface area (Å²) in [6, 6.07) is 5.10. The molecular weight excluding hydrogens is 616 g/mol. The number of pyridine rings is 1. The number of ether oxygens (including phenoxy) is 1. The molecule has 1 aromatic heterocycles. The highest BCUT2D eigenvalue weighted by atomic mass is 16.6. The average Bonchev–Trinajstić information content (AvgIpc) is 3.10. The standard InChI is InChI=1S/C34H42N8O6/c1-23-27(26-14-7-8-17-37-26)29(25(13-6-9-19-39-40-36)30(42(46)47)28(23)31(35)43)32(44)38-18-10-20-41-21-15-34(16-22-41,33(45)48-2)24-11-4-3-5-12-24/h3-5,7-8,11,14,17,24H,6,9-10,12-13,15-16,18-22H2,1-2H3,(H2,35,43)(H,38,44).